The summed E-state index contributed by atoms with van der Waals surface area (Å²) in [5.74, 6) is 0. The molecule has 7 nitrogen and oxygen atoms in total. The number of nitrogens with zero attached hydrogens (tertiary/aromatic N) is 2. The Morgan fingerprint density at radius 3 is 1.27 bits per heavy atom. The maximum Gasteiger partial charge on any atom is 0.282 e. The van der Waals surface area contributed by atoms with E-state index in [0.29, 0.717) is 10.5 Å². The van der Waals surface area contributed by atoms with E-state index in [9.17, 15) is 21.0 Å². The normalized spacial score (nSPS) is 12.7. The minimum absolute atomic E-state index is 0.155. The summed E-state index contributed by atoms with van der Waals surface area (Å²) in [5, 5.41) is 0. The van der Waals surface area contributed by atoms with Crippen molar-refractivity contribution in [2.45, 2.75) is 14.7 Å². The van der Waals surface area contributed by atoms with Crippen molar-refractivity contribution in [3.63, 3.8) is 0 Å². The molecule has 0 aliphatic rings. The van der Waals surface area contributed by atoms with Crippen LogP contribution in [-0.4, -0.2) is 39.7 Å². The van der Waals surface area contributed by atoms with Crippen LogP contribution in [0.15, 0.2) is 139 Å². The summed E-state index contributed by atoms with van der Waals surface area (Å²) >= 11 is 0. The largest absolute Gasteiger partial charge is 0.282 e. The van der Waals surface area contributed by atoms with Crippen LogP contribution in [-0.2, 0) is 30.8 Å². The van der Waals surface area contributed by atoms with E-state index in [4.69, 9.17) is 0 Å². The summed E-state index contributed by atoms with van der Waals surface area (Å²) in [6, 6.07) is 32.0. The van der Waals surface area contributed by atoms with Crippen LogP contribution in [0.1, 0.15) is 11.1 Å². The molecule has 10 heteroatoms. The van der Waals surface area contributed by atoms with Crippen LogP contribution < -0.4 is 0 Å². The molecule has 0 aliphatic carbocycles. The molecular formula is C27H24N2O5S3. The Balaban J connectivity index is 0.000000208. The van der Waals surface area contributed by atoms with E-state index in [1.807, 2.05) is 18.2 Å². The standard InChI is InChI=1S/C14H13NO3S2.C13H11NO2S/c1-19(16)13-9-7-12(8-10-13)11-15-20(17,18)14-5-3-2-4-6-14;15-17(16,13-9-5-2-6-10-13)14-11-12-7-3-1-4-8-12/h2-11H,1H3;1-11H. The maximum atomic E-state index is 11.9. The second-order valence-electron chi connectivity index (χ2n) is 7.48. The molecule has 37 heavy (non-hydrogen) atoms. The third kappa shape index (κ3) is 8.71. The first-order valence-electron chi connectivity index (χ1n) is 10.9. The molecule has 0 saturated carbocycles. The first kappa shape index (κ1) is 27.9. The van der Waals surface area contributed by atoms with Gasteiger partial charge in [0.2, 0.25) is 0 Å². The Morgan fingerprint density at radius 1 is 0.541 bits per heavy atom. The van der Waals surface area contributed by atoms with E-state index < -0.39 is 30.8 Å². The van der Waals surface area contributed by atoms with E-state index in [2.05, 4.69) is 8.80 Å². The maximum absolute atomic E-state index is 11.9. The molecule has 190 valence electrons. The number of benzene rings is 4. The van der Waals surface area contributed by atoms with Gasteiger partial charge in [-0.25, -0.2) is 0 Å². The van der Waals surface area contributed by atoms with Crippen molar-refractivity contribution in [3.8, 4) is 0 Å². The Morgan fingerprint density at radius 2 is 0.892 bits per heavy atom. The van der Waals surface area contributed by atoms with Crippen LogP contribution in [0.25, 0.3) is 0 Å². The van der Waals surface area contributed by atoms with Gasteiger partial charge < -0.3 is 0 Å². The van der Waals surface area contributed by atoms with Gasteiger partial charge in [-0.15, -0.1) is 0 Å². The molecule has 0 spiro atoms. The highest BCUT2D eigenvalue weighted by Gasteiger charge is 2.11. The average Bonchev–Trinajstić information content (AvgIpc) is 2.93. The Labute approximate surface area is 219 Å². The average molecular weight is 553 g/mol. The monoisotopic (exact) mass is 552 g/mol. The topological polar surface area (TPSA) is 110 Å². The highest BCUT2D eigenvalue weighted by atomic mass is 32.2. The van der Waals surface area contributed by atoms with E-state index in [-0.39, 0.29) is 9.79 Å². The summed E-state index contributed by atoms with van der Waals surface area (Å²) in [6.07, 6.45) is 4.22. The minimum Gasteiger partial charge on any atom is -0.255 e. The molecule has 0 aromatic heterocycles. The number of hydrogen-bond acceptors (Lipinski definition) is 5. The second-order valence-corrected chi connectivity index (χ2v) is 12.1. The van der Waals surface area contributed by atoms with Crippen molar-refractivity contribution < 1.29 is 21.0 Å². The Kier molecular flexibility index (Phi) is 9.78. The highest BCUT2D eigenvalue weighted by Crippen LogP contribution is 2.13. The minimum atomic E-state index is -3.68. The van der Waals surface area contributed by atoms with Gasteiger partial charge >= 0.3 is 0 Å². The first-order valence-corrected chi connectivity index (χ1v) is 15.3. The summed E-state index contributed by atoms with van der Waals surface area (Å²) in [7, 11) is -8.32. The molecule has 4 aromatic rings. The van der Waals surface area contributed by atoms with Crippen LogP contribution in [0.4, 0.5) is 0 Å². The zero-order valence-electron chi connectivity index (χ0n) is 19.8. The SMILES string of the molecule is CS(=O)c1ccc(C=NS(=O)(=O)c2ccccc2)cc1.O=S(=O)(N=Cc1ccccc1)c1ccccc1. The third-order valence-corrected chi connectivity index (χ3v) is 8.21. The molecule has 0 amide bonds. The highest BCUT2D eigenvalue weighted by molar-refractivity contribution is 7.90. The summed E-state index contributed by atoms with van der Waals surface area (Å²) < 4.78 is 66.0. The van der Waals surface area contributed by atoms with Gasteiger partial charge in [0.05, 0.1) is 9.79 Å². The summed E-state index contributed by atoms with van der Waals surface area (Å²) in [4.78, 5) is 1.04. The zero-order valence-corrected chi connectivity index (χ0v) is 22.2. The molecule has 1 unspecified atom stereocenters. The van der Waals surface area contributed by atoms with Crippen LogP contribution in [0.5, 0.6) is 0 Å². The lowest BCUT2D eigenvalue weighted by Crippen LogP contribution is -1.97. The molecule has 4 aromatic carbocycles. The van der Waals surface area contributed by atoms with Crippen LogP contribution in [0.2, 0.25) is 0 Å². The van der Waals surface area contributed by atoms with Crippen LogP contribution >= 0.6 is 0 Å². The number of hydrogen-bond donors (Lipinski definition) is 0. The third-order valence-electron chi connectivity index (χ3n) is 4.77. The predicted molar refractivity (Wildman–Crippen MR) is 148 cm³/mol. The molecule has 4 rings (SSSR count). The number of rotatable bonds is 7. The van der Waals surface area contributed by atoms with Gasteiger partial charge in [-0.3, -0.25) is 4.21 Å². The fraction of sp³-hybridized carbons (Fsp3) is 0.0370. The molecule has 0 saturated heterocycles. The van der Waals surface area contributed by atoms with Crippen LogP contribution in [0, 0.1) is 0 Å². The first-order chi connectivity index (χ1) is 17.7. The molecule has 0 fully saturated rings. The fourth-order valence-corrected chi connectivity index (χ4v) is 5.14. The van der Waals surface area contributed by atoms with Crippen molar-refractivity contribution in [3.05, 3.63) is 126 Å². The predicted octanol–water partition coefficient (Wildman–Crippen LogP) is 4.73. The van der Waals surface area contributed by atoms with E-state index in [1.165, 1.54) is 36.7 Å². The second kappa shape index (κ2) is 13.0. The van der Waals surface area contributed by atoms with Gasteiger partial charge in [-0.1, -0.05) is 78.9 Å². The van der Waals surface area contributed by atoms with Gasteiger partial charge in [0.15, 0.2) is 0 Å². The Bertz CT molecular complexity index is 1590. The molecular weight excluding hydrogens is 529 g/mol. The van der Waals surface area contributed by atoms with Crippen LogP contribution in [0.3, 0.4) is 0 Å². The van der Waals surface area contributed by atoms with Gasteiger partial charge in [-0.05, 0) is 47.5 Å². The summed E-state index contributed by atoms with van der Waals surface area (Å²) in [6.45, 7) is 0. The van der Waals surface area contributed by atoms with Crippen molar-refractivity contribution in [2.24, 2.45) is 8.80 Å². The van der Waals surface area contributed by atoms with Crippen molar-refractivity contribution in [2.75, 3.05) is 6.26 Å². The smallest absolute Gasteiger partial charge is 0.255 e. The van der Waals surface area contributed by atoms with Crippen molar-refractivity contribution >= 4 is 43.3 Å². The number of sulfonamides is 2. The van der Waals surface area contributed by atoms with E-state index in [0.717, 1.165) is 5.56 Å². The zero-order chi connectivity index (χ0) is 26.7. The molecule has 0 N–H and O–H groups in total. The van der Waals surface area contributed by atoms with E-state index >= 15 is 0 Å². The lowest BCUT2D eigenvalue weighted by Gasteiger charge is -1.99. The van der Waals surface area contributed by atoms with Gasteiger partial charge in [0.1, 0.15) is 0 Å². The van der Waals surface area contributed by atoms with E-state index in [1.54, 1.807) is 79.1 Å². The van der Waals surface area contributed by atoms with Crippen molar-refractivity contribution in [1.29, 1.82) is 0 Å². The molecule has 0 bridgehead atoms. The fourth-order valence-electron chi connectivity index (χ4n) is 2.85. The van der Waals surface area contributed by atoms with Gasteiger partial charge in [0, 0.05) is 34.4 Å². The summed E-state index contributed by atoms with van der Waals surface area (Å²) in [5.41, 5.74) is 1.39. The quantitative estimate of drug-likeness (QED) is 0.308. The lowest BCUT2D eigenvalue weighted by atomic mass is 10.2. The van der Waals surface area contributed by atoms with Gasteiger partial charge in [-0.2, -0.15) is 25.6 Å². The molecule has 0 heterocycles. The molecule has 0 radical (unpaired) electrons. The molecule has 0 aliphatic heterocycles. The molecule has 1 atom stereocenters. The van der Waals surface area contributed by atoms with Gasteiger partial charge in [0.25, 0.3) is 20.0 Å². The lowest BCUT2D eigenvalue weighted by molar-refractivity contribution is 0.596. The Hall–Kier alpha value is -3.73. The van der Waals surface area contributed by atoms with Crippen molar-refractivity contribution in [1.82, 2.24) is 0 Å².